The van der Waals surface area contributed by atoms with E-state index in [1.54, 1.807) is 0 Å². The van der Waals surface area contributed by atoms with Gasteiger partial charge in [-0.15, -0.1) is 0 Å². The van der Waals surface area contributed by atoms with E-state index in [9.17, 15) is 4.79 Å². The summed E-state index contributed by atoms with van der Waals surface area (Å²) in [4.78, 5) is 17.2. The first kappa shape index (κ1) is 18.6. The Bertz CT molecular complexity index is 971. The monoisotopic (exact) mass is 378 g/mol. The second-order valence-corrected chi connectivity index (χ2v) is 7.18. The first-order valence-corrected chi connectivity index (χ1v) is 9.88. The SMILES string of the molecule is CCOC(=O)c1oc2ccccc2c1CN1CCN(c2ccccc2C)CC1. The Kier molecular flexibility index (Phi) is 5.35. The lowest BCUT2D eigenvalue weighted by molar-refractivity contribution is 0.0489. The maximum absolute atomic E-state index is 12.4. The number of para-hydroxylation sites is 2. The van der Waals surface area contributed by atoms with Gasteiger partial charge in [-0.2, -0.15) is 0 Å². The van der Waals surface area contributed by atoms with E-state index in [0.717, 1.165) is 42.7 Å². The number of carbonyl (C=O) groups excluding carboxylic acids is 1. The first-order valence-electron chi connectivity index (χ1n) is 9.88. The first-order chi connectivity index (χ1) is 13.7. The van der Waals surface area contributed by atoms with E-state index in [1.165, 1.54) is 11.3 Å². The number of ether oxygens (including phenoxy) is 1. The summed E-state index contributed by atoms with van der Waals surface area (Å²) >= 11 is 0. The lowest BCUT2D eigenvalue weighted by atomic mass is 10.1. The average molecular weight is 378 g/mol. The van der Waals surface area contributed by atoms with Crippen molar-refractivity contribution < 1.29 is 13.9 Å². The predicted molar refractivity (Wildman–Crippen MR) is 111 cm³/mol. The van der Waals surface area contributed by atoms with Crippen LogP contribution < -0.4 is 4.90 Å². The molecule has 1 fully saturated rings. The van der Waals surface area contributed by atoms with Crippen LogP contribution in [-0.4, -0.2) is 43.7 Å². The molecule has 0 spiro atoms. The topological polar surface area (TPSA) is 45.9 Å². The molecule has 0 aliphatic carbocycles. The normalized spacial score (nSPS) is 15.1. The molecule has 146 valence electrons. The molecule has 1 aliphatic heterocycles. The zero-order valence-electron chi connectivity index (χ0n) is 16.5. The Morgan fingerprint density at radius 3 is 2.50 bits per heavy atom. The Morgan fingerprint density at radius 2 is 1.75 bits per heavy atom. The van der Waals surface area contributed by atoms with Crippen molar-refractivity contribution in [2.75, 3.05) is 37.7 Å². The van der Waals surface area contributed by atoms with Crippen molar-refractivity contribution in [3.05, 3.63) is 65.4 Å². The Balaban J connectivity index is 1.52. The van der Waals surface area contributed by atoms with Gasteiger partial charge in [0.15, 0.2) is 0 Å². The standard InChI is InChI=1S/C23H26N2O3/c1-3-27-23(26)22-19(18-9-5-7-11-21(18)28-22)16-24-12-14-25(15-13-24)20-10-6-4-8-17(20)2/h4-11H,3,12-16H2,1-2H3. The van der Waals surface area contributed by atoms with Crippen LogP contribution in [0.5, 0.6) is 0 Å². The van der Waals surface area contributed by atoms with Crippen LogP contribution in [0.4, 0.5) is 5.69 Å². The zero-order chi connectivity index (χ0) is 19.5. The number of piperazine rings is 1. The largest absolute Gasteiger partial charge is 0.460 e. The van der Waals surface area contributed by atoms with Crippen molar-refractivity contribution >= 4 is 22.6 Å². The number of esters is 1. The molecule has 0 saturated carbocycles. The van der Waals surface area contributed by atoms with Crippen LogP contribution in [0.1, 0.15) is 28.6 Å². The molecule has 2 heterocycles. The average Bonchev–Trinajstić information content (AvgIpc) is 3.08. The summed E-state index contributed by atoms with van der Waals surface area (Å²) in [5.41, 5.74) is 4.28. The van der Waals surface area contributed by atoms with Gasteiger partial charge in [0.2, 0.25) is 5.76 Å². The Labute approximate surface area is 165 Å². The molecular formula is C23H26N2O3. The molecular weight excluding hydrogens is 352 g/mol. The summed E-state index contributed by atoms with van der Waals surface area (Å²) in [7, 11) is 0. The van der Waals surface area contributed by atoms with Gasteiger partial charge < -0.3 is 14.1 Å². The highest BCUT2D eigenvalue weighted by molar-refractivity contribution is 5.96. The van der Waals surface area contributed by atoms with E-state index in [2.05, 4.69) is 41.0 Å². The molecule has 28 heavy (non-hydrogen) atoms. The molecule has 0 radical (unpaired) electrons. The fraction of sp³-hybridized carbons (Fsp3) is 0.348. The van der Waals surface area contributed by atoms with Gasteiger partial charge >= 0.3 is 5.97 Å². The summed E-state index contributed by atoms with van der Waals surface area (Å²) in [6.45, 7) is 8.81. The third kappa shape index (κ3) is 3.62. The number of furan rings is 1. The van der Waals surface area contributed by atoms with Crippen LogP contribution in [-0.2, 0) is 11.3 Å². The van der Waals surface area contributed by atoms with Crippen LogP contribution in [0.2, 0.25) is 0 Å². The summed E-state index contributed by atoms with van der Waals surface area (Å²) in [6.07, 6.45) is 0. The van der Waals surface area contributed by atoms with Crippen LogP contribution in [0.25, 0.3) is 11.0 Å². The molecule has 1 saturated heterocycles. The van der Waals surface area contributed by atoms with Crippen LogP contribution in [0.15, 0.2) is 52.9 Å². The second kappa shape index (κ2) is 8.07. The minimum atomic E-state index is -0.382. The number of rotatable bonds is 5. The molecule has 2 aromatic carbocycles. The van der Waals surface area contributed by atoms with Crippen LogP contribution in [0, 0.1) is 6.92 Å². The number of hydrogen-bond donors (Lipinski definition) is 0. The molecule has 5 heteroatoms. The van der Waals surface area contributed by atoms with Gasteiger partial charge in [0, 0.05) is 49.4 Å². The molecule has 0 amide bonds. The maximum Gasteiger partial charge on any atom is 0.374 e. The highest BCUT2D eigenvalue weighted by atomic mass is 16.5. The van der Waals surface area contributed by atoms with E-state index in [4.69, 9.17) is 9.15 Å². The number of nitrogens with zero attached hydrogens (tertiary/aromatic N) is 2. The minimum absolute atomic E-state index is 0.337. The Morgan fingerprint density at radius 1 is 1.04 bits per heavy atom. The molecule has 1 aliphatic rings. The molecule has 0 unspecified atom stereocenters. The Hall–Kier alpha value is -2.79. The smallest absolute Gasteiger partial charge is 0.374 e. The number of aryl methyl sites for hydroxylation is 1. The summed E-state index contributed by atoms with van der Waals surface area (Å²) in [5.74, 6) is -0.0448. The predicted octanol–water partition coefficient (Wildman–Crippen LogP) is 4.24. The van der Waals surface area contributed by atoms with Crippen molar-refractivity contribution in [3.63, 3.8) is 0 Å². The fourth-order valence-electron chi connectivity index (χ4n) is 3.91. The number of anilines is 1. The van der Waals surface area contributed by atoms with Gasteiger partial charge in [-0.3, -0.25) is 4.90 Å². The molecule has 3 aromatic rings. The number of fused-ring (bicyclic) bond motifs is 1. The van der Waals surface area contributed by atoms with Gasteiger partial charge in [0.25, 0.3) is 0 Å². The van der Waals surface area contributed by atoms with E-state index >= 15 is 0 Å². The minimum Gasteiger partial charge on any atom is -0.460 e. The fourth-order valence-corrected chi connectivity index (χ4v) is 3.91. The van der Waals surface area contributed by atoms with Gasteiger partial charge in [0.1, 0.15) is 5.58 Å². The van der Waals surface area contributed by atoms with E-state index in [-0.39, 0.29) is 5.97 Å². The lowest BCUT2D eigenvalue weighted by Crippen LogP contribution is -2.46. The highest BCUT2D eigenvalue weighted by Crippen LogP contribution is 2.29. The van der Waals surface area contributed by atoms with Gasteiger partial charge in [-0.05, 0) is 31.5 Å². The molecule has 1 aromatic heterocycles. The maximum atomic E-state index is 12.4. The number of carbonyl (C=O) groups is 1. The summed E-state index contributed by atoms with van der Waals surface area (Å²) in [6, 6.07) is 16.3. The number of hydrogen-bond acceptors (Lipinski definition) is 5. The molecule has 0 bridgehead atoms. The van der Waals surface area contributed by atoms with Crippen LogP contribution >= 0.6 is 0 Å². The van der Waals surface area contributed by atoms with Gasteiger partial charge in [0.05, 0.1) is 6.61 Å². The van der Waals surface area contributed by atoms with Crippen molar-refractivity contribution in [1.82, 2.24) is 4.90 Å². The van der Waals surface area contributed by atoms with E-state index in [1.807, 2.05) is 31.2 Å². The van der Waals surface area contributed by atoms with E-state index < -0.39 is 0 Å². The molecule has 5 nitrogen and oxygen atoms in total. The molecule has 4 rings (SSSR count). The second-order valence-electron chi connectivity index (χ2n) is 7.18. The van der Waals surface area contributed by atoms with Crippen LogP contribution in [0.3, 0.4) is 0 Å². The van der Waals surface area contributed by atoms with Crippen molar-refractivity contribution in [1.29, 1.82) is 0 Å². The third-order valence-corrected chi connectivity index (χ3v) is 5.37. The lowest BCUT2D eigenvalue weighted by Gasteiger charge is -2.36. The van der Waals surface area contributed by atoms with Crippen molar-refractivity contribution in [2.24, 2.45) is 0 Å². The molecule has 0 atom stereocenters. The highest BCUT2D eigenvalue weighted by Gasteiger charge is 2.25. The number of benzene rings is 2. The van der Waals surface area contributed by atoms with Gasteiger partial charge in [-0.1, -0.05) is 36.4 Å². The van der Waals surface area contributed by atoms with Crippen molar-refractivity contribution in [2.45, 2.75) is 20.4 Å². The van der Waals surface area contributed by atoms with E-state index in [0.29, 0.717) is 18.9 Å². The zero-order valence-corrected chi connectivity index (χ0v) is 16.5. The molecule has 0 N–H and O–H groups in total. The summed E-state index contributed by atoms with van der Waals surface area (Å²) in [5, 5.41) is 0.992. The summed E-state index contributed by atoms with van der Waals surface area (Å²) < 4.78 is 11.1. The quantitative estimate of drug-likeness (QED) is 0.622. The van der Waals surface area contributed by atoms with Gasteiger partial charge in [-0.25, -0.2) is 4.79 Å². The van der Waals surface area contributed by atoms with Crippen molar-refractivity contribution in [3.8, 4) is 0 Å². The third-order valence-electron chi connectivity index (χ3n) is 5.37.